The number of ether oxygens (including phenoxy) is 1. The third-order valence-electron chi connectivity index (χ3n) is 4.19. The molecule has 1 aliphatic carbocycles. The van der Waals surface area contributed by atoms with Crippen molar-refractivity contribution in [1.82, 2.24) is 5.32 Å². The Morgan fingerprint density at radius 2 is 2.29 bits per heavy atom. The van der Waals surface area contributed by atoms with Gasteiger partial charge >= 0.3 is 0 Å². The smallest absolute Gasteiger partial charge is 0.250 e. The van der Waals surface area contributed by atoms with Gasteiger partial charge in [0.2, 0.25) is 0 Å². The maximum Gasteiger partial charge on any atom is 0.250 e. The van der Waals surface area contributed by atoms with Gasteiger partial charge < -0.3 is 15.2 Å². The molecule has 1 saturated carbocycles. The molecule has 2 aliphatic rings. The first-order valence-corrected chi connectivity index (χ1v) is 7.60. The number of fused-ring (bicyclic) bond motifs is 1. The van der Waals surface area contributed by atoms with Crippen molar-refractivity contribution in [3.63, 3.8) is 0 Å². The minimum absolute atomic E-state index is 0.0594. The molecule has 1 aromatic carbocycles. The molecule has 0 radical (unpaired) electrons. The summed E-state index contributed by atoms with van der Waals surface area (Å²) >= 11 is 5.97. The molecule has 0 spiro atoms. The van der Waals surface area contributed by atoms with E-state index in [1.807, 2.05) is 12.1 Å². The molecule has 1 aliphatic heterocycles. The van der Waals surface area contributed by atoms with Gasteiger partial charge in [-0.1, -0.05) is 18.0 Å². The standard InChI is InChI=1S/C16H18ClNO3/c17-13-4-5-15-11(7-13)6-12(9-21-15)16(20)18-14-3-1-2-10(14)8-19/h4-7,10,14,19H,1-3,8-9H2,(H,18,20). The van der Waals surface area contributed by atoms with E-state index in [0.29, 0.717) is 10.6 Å². The lowest BCUT2D eigenvalue weighted by atomic mass is 10.0. The largest absolute Gasteiger partial charge is 0.488 e. The summed E-state index contributed by atoms with van der Waals surface area (Å²) in [4.78, 5) is 12.3. The highest BCUT2D eigenvalue weighted by Gasteiger charge is 2.29. The Hall–Kier alpha value is -1.52. The van der Waals surface area contributed by atoms with Gasteiger partial charge in [0.15, 0.2) is 0 Å². The number of amides is 1. The number of aliphatic hydroxyl groups excluding tert-OH is 1. The van der Waals surface area contributed by atoms with E-state index in [1.165, 1.54) is 0 Å². The van der Waals surface area contributed by atoms with Crippen LogP contribution < -0.4 is 10.1 Å². The van der Waals surface area contributed by atoms with E-state index in [0.717, 1.165) is 30.6 Å². The third kappa shape index (κ3) is 3.06. The Labute approximate surface area is 128 Å². The number of carbonyl (C=O) groups is 1. The maximum absolute atomic E-state index is 12.3. The van der Waals surface area contributed by atoms with Crippen LogP contribution in [-0.4, -0.2) is 30.3 Å². The van der Waals surface area contributed by atoms with E-state index >= 15 is 0 Å². The van der Waals surface area contributed by atoms with E-state index in [2.05, 4.69) is 5.32 Å². The minimum Gasteiger partial charge on any atom is -0.488 e. The molecule has 2 atom stereocenters. The molecular formula is C16H18ClNO3. The van der Waals surface area contributed by atoms with Crippen LogP contribution in [0.15, 0.2) is 23.8 Å². The molecule has 1 amide bonds. The first-order chi connectivity index (χ1) is 10.2. The summed E-state index contributed by atoms with van der Waals surface area (Å²) in [5.41, 5.74) is 1.41. The van der Waals surface area contributed by atoms with Crippen molar-refractivity contribution in [2.45, 2.75) is 25.3 Å². The van der Waals surface area contributed by atoms with E-state index in [9.17, 15) is 9.90 Å². The average molecular weight is 308 g/mol. The predicted molar refractivity (Wildman–Crippen MR) is 81.3 cm³/mol. The SMILES string of the molecule is O=C(NC1CCCC1CO)C1=Cc2cc(Cl)ccc2OC1. The van der Waals surface area contributed by atoms with Crippen LogP contribution in [0.3, 0.4) is 0 Å². The fraction of sp³-hybridized carbons (Fsp3) is 0.438. The van der Waals surface area contributed by atoms with Crippen LogP contribution in [0.25, 0.3) is 6.08 Å². The molecule has 0 aromatic heterocycles. The number of nitrogens with one attached hydrogen (secondary N) is 1. The molecule has 1 heterocycles. The van der Waals surface area contributed by atoms with Crippen LogP contribution in [0.5, 0.6) is 5.75 Å². The summed E-state index contributed by atoms with van der Waals surface area (Å²) in [7, 11) is 0. The van der Waals surface area contributed by atoms with Crippen LogP contribution in [0.2, 0.25) is 5.02 Å². The van der Waals surface area contributed by atoms with E-state index < -0.39 is 0 Å². The van der Waals surface area contributed by atoms with Gasteiger partial charge in [-0.25, -0.2) is 0 Å². The molecule has 2 N–H and O–H groups in total. The van der Waals surface area contributed by atoms with Crippen molar-refractivity contribution in [3.8, 4) is 5.75 Å². The normalized spacial score (nSPS) is 24.0. The number of aliphatic hydroxyl groups is 1. The first-order valence-electron chi connectivity index (χ1n) is 7.22. The van der Waals surface area contributed by atoms with E-state index in [1.54, 1.807) is 12.1 Å². The summed E-state index contributed by atoms with van der Waals surface area (Å²) in [6.07, 6.45) is 4.76. The van der Waals surface area contributed by atoms with Gasteiger partial charge in [-0.15, -0.1) is 0 Å². The zero-order valence-electron chi connectivity index (χ0n) is 11.6. The van der Waals surface area contributed by atoms with Gasteiger partial charge in [-0.2, -0.15) is 0 Å². The summed E-state index contributed by atoms with van der Waals surface area (Å²) in [5, 5.41) is 12.9. The Morgan fingerprint density at radius 3 is 3.10 bits per heavy atom. The van der Waals surface area contributed by atoms with Gasteiger partial charge in [0.05, 0.1) is 5.57 Å². The highest BCUT2D eigenvalue weighted by Crippen LogP contribution is 2.30. The van der Waals surface area contributed by atoms with Crippen LogP contribution >= 0.6 is 11.6 Å². The summed E-state index contributed by atoms with van der Waals surface area (Å²) < 4.78 is 5.59. The third-order valence-corrected chi connectivity index (χ3v) is 4.42. The second-order valence-electron chi connectivity index (χ2n) is 5.59. The predicted octanol–water partition coefficient (Wildman–Crippen LogP) is 2.39. The fourth-order valence-corrected chi connectivity index (χ4v) is 3.17. The molecule has 112 valence electrons. The molecule has 0 saturated heterocycles. The number of carbonyl (C=O) groups excluding carboxylic acids is 1. The topological polar surface area (TPSA) is 58.6 Å². The molecule has 0 bridgehead atoms. The van der Waals surface area contributed by atoms with Crippen molar-refractivity contribution in [2.24, 2.45) is 5.92 Å². The summed E-state index contributed by atoms with van der Waals surface area (Å²) in [5.74, 6) is 0.789. The average Bonchev–Trinajstić information content (AvgIpc) is 2.93. The number of hydrogen-bond acceptors (Lipinski definition) is 3. The van der Waals surface area contributed by atoms with Gasteiger partial charge in [-0.3, -0.25) is 4.79 Å². The van der Waals surface area contributed by atoms with Crippen molar-refractivity contribution in [3.05, 3.63) is 34.4 Å². The van der Waals surface area contributed by atoms with Crippen LogP contribution in [0, 0.1) is 5.92 Å². The first kappa shape index (κ1) is 14.4. The Morgan fingerprint density at radius 1 is 1.43 bits per heavy atom. The lowest BCUT2D eigenvalue weighted by molar-refractivity contribution is -0.118. The quantitative estimate of drug-likeness (QED) is 0.901. The fourth-order valence-electron chi connectivity index (χ4n) is 2.99. The Kier molecular flexibility index (Phi) is 4.17. The van der Waals surface area contributed by atoms with Crippen molar-refractivity contribution >= 4 is 23.6 Å². The van der Waals surface area contributed by atoms with Crippen LogP contribution in [0.4, 0.5) is 0 Å². The highest BCUT2D eigenvalue weighted by atomic mass is 35.5. The molecule has 4 nitrogen and oxygen atoms in total. The summed E-state index contributed by atoms with van der Waals surface area (Å²) in [6.45, 7) is 0.385. The van der Waals surface area contributed by atoms with E-state index in [4.69, 9.17) is 16.3 Å². The second kappa shape index (κ2) is 6.08. The molecule has 1 aromatic rings. The second-order valence-corrected chi connectivity index (χ2v) is 6.03. The van der Waals surface area contributed by atoms with E-state index in [-0.39, 0.29) is 31.1 Å². The number of hydrogen-bond donors (Lipinski definition) is 2. The maximum atomic E-state index is 12.3. The molecule has 1 fully saturated rings. The zero-order valence-corrected chi connectivity index (χ0v) is 12.4. The molecule has 3 rings (SSSR count). The zero-order chi connectivity index (χ0) is 14.8. The van der Waals surface area contributed by atoms with Gasteiger partial charge in [0.25, 0.3) is 5.91 Å². The summed E-state index contributed by atoms with van der Waals surface area (Å²) in [6, 6.07) is 5.42. The molecular weight excluding hydrogens is 290 g/mol. The van der Waals surface area contributed by atoms with Crippen molar-refractivity contribution in [1.29, 1.82) is 0 Å². The Bertz CT molecular complexity index is 585. The van der Waals surface area contributed by atoms with Gasteiger partial charge in [0, 0.05) is 29.2 Å². The molecule has 2 unspecified atom stereocenters. The van der Waals surface area contributed by atoms with Crippen molar-refractivity contribution < 1.29 is 14.6 Å². The number of benzene rings is 1. The monoisotopic (exact) mass is 307 g/mol. The van der Waals surface area contributed by atoms with Gasteiger partial charge in [-0.05, 0) is 37.1 Å². The highest BCUT2D eigenvalue weighted by molar-refractivity contribution is 6.30. The number of rotatable bonds is 3. The molecule has 21 heavy (non-hydrogen) atoms. The minimum atomic E-state index is -0.119. The van der Waals surface area contributed by atoms with Crippen molar-refractivity contribution in [2.75, 3.05) is 13.2 Å². The van der Waals surface area contributed by atoms with Crippen LogP contribution in [0.1, 0.15) is 24.8 Å². The van der Waals surface area contributed by atoms with Gasteiger partial charge in [0.1, 0.15) is 12.4 Å². The molecule has 5 heteroatoms. The number of halogens is 1. The Balaban J connectivity index is 1.73. The lowest BCUT2D eigenvalue weighted by Crippen LogP contribution is -2.40. The van der Waals surface area contributed by atoms with Crippen LogP contribution in [-0.2, 0) is 4.79 Å². The lowest BCUT2D eigenvalue weighted by Gasteiger charge is -2.22.